The van der Waals surface area contributed by atoms with E-state index in [1.807, 2.05) is 0 Å². The molecule has 0 unspecified atom stereocenters. The van der Waals surface area contributed by atoms with Gasteiger partial charge in [-0.15, -0.1) is 0 Å². The van der Waals surface area contributed by atoms with Crippen LogP contribution in [-0.2, 0) is 10.2 Å². The third-order valence-corrected chi connectivity index (χ3v) is 3.94. The average molecular weight is 284 g/mol. The molecule has 0 heterocycles. The van der Waals surface area contributed by atoms with Crippen LogP contribution in [-0.4, -0.2) is 26.8 Å². The van der Waals surface area contributed by atoms with Crippen molar-refractivity contribution >= 4 is 11.6 Å². The number of nitrogens with one attached hydrogen (secondary N) is 1. The lowest BCUT2D eigenvalue weighted by Crippen LogP contribution is -2.38. The smallest absolute Gasteiger partial charge is 0.128 e. The third-order valence-electron chi connectivity index (χ3n) is 3.62. The Hall–Kier alpha value is -0.900. The Balaban J connectivity index is 2.19. The highest BCUT2D eigenvalue weighted by molar-refractivity contribution is 6.31. The van der Waals surface area contributed by atoms with Crippen molar-refractivity contribution in [3.8, 4) is 0 Å². The summed E-state index contributed by atoms with van der Waals surface area (Å²) >= 11 is 6.22. The third kappa shape index (κ3) is 3.16. The zero-order valence-corrected chi connectivity index (χ0v) is 11.8. The van der Waals surface area contributed by atoms with E-state index < -0.39 is 0 Å². The summed E-state index contributed by atoms with van der Waals surface area (Å²) in [5.41, 5.74) is 0.363. The van der Waals surface area contributed by atoms with Crippen molar-refractivity contribution in [1.29, 1.82) is 0 Å². The largest absolute Gasteiger partial charge is 0.383 e. The van der Waals surface area contributed by atoms with E-state index in [2.05, 4.69) is 17.5 Å². The first-order chi connectivity index (χ1) is 9.19. The van der Waals surface area contributed by atoms with E-state index in [0.717, 1.165) is 19.4 Å². The minimum absolute atomic E-state index is 0.218. The lowest BCUT2D eigenvalue weighted by Gasteiger charge is -2.31. The highest BCUT2D eigenvalue weighted by atomic mass is 35.5. The molecule has 1 aliphatic carbocycles. The summed E-state index contributed by atoms with van der Waals surface area (Å²) in [6.07, 6.45) is 5.82. The minimum Gasteiger partial charge on any atom is -0.383 e. The van der Waals surface area contributed by atoms with Crippen molar-refractivity contribution in [3.63, 3.8) is 0 Å². The first kappa shape index (κ1) is 14.5. The first-order valence-electron chi connectivity index (χ1n) is 6.49. The number of methoxy groups -OCH3 is 1. The molecule has 1 aliphatic rings. The molecule has 1 aromatic rings. The lowest BCUT2D eigenvalue weighted by molar-refractivity contribution is 0.196. The van der Waals surface area contributed by atoms with Gasteiger partial charge in [-0.05, 0) is 25.0 Å². The molecule has 0 saturated heterocycles. The van der Waals surface area contributed by atoms with Gasteiger partial charge in [-0.3, -0.25) is 0 Å². The van der Waals surface area contributed by atoms with E-state index >= 15 is 0 Å². The quantitative estimate of drug-likeness (QED) is 0.639. The lowest BCUT2D eigenvalue weighted by atomic mass is 9.77. The molecule has 0 spiro atoms. The fraction of sp³-hybridized carbons (Fsp3) is 0.467. The van der Waals surface area contributed by atoms with Crippen molar-refractivity contribution in [2.75, 3.05) is 26.8 Å². The summed E-state index contributed by atoms with van der Waals surface area (Å²) in [4.78, 5) is 0. The summed E-state index contributed by atoms with van der Waals surface area (Å²) in [5, 5.41) is 3.84. The standard InChI is InChI=1S/C15H19ClFNO/c1-19-10-9-18-11-15(7-2-3-8-15)14-12(16)5-4-6-13(14)17/h2-6,18H,7-11H2,1H3. The van der Waals surface area contributed by atoms with Gasteiger partial charge in [0.05, 0.1) is 6.61 Å². The molecule has 2 rings (SSSR count). The summed E-state index contributed by atoms with van der Waals surface area (Å²) in [6.45, 7) is 2.10. The molecule has 104 valence electrons. The van der Waals surface area contributed by atoms with Crippen LogP contribution in [0.4, 0.5) is 4.39 Å². The van der Waals surface area contributed by atoms with Gasteiger partial charge in [0.1, 0.15) is 5.82 Å². The normalized spacial score (nSPS) is 17.0. The molecular weight excluding hydrogens is 265 g/mol. The zero-order chi connectivity index (χ0) is 13.7. The summed E-state index contributed by atoms with van der Waals surface area (Å²) in [6, 6.07) is 4.89. The monoisotopic (exact) mass is 283 g/mol. The number of hydrogen-bond acceptors (Lipinski definition) is 2. The van der Waals surface area contributed by atoms with Gasteiger partial charge >= 0.3 is 0 Å². The Morgan fingerprint density at radius 3 is 2.74 bits per heavy atom. The van der Waals surface area contributed by atoms with Gasteiger partial charge in [-0.1, -0.05) is 29.8 Å². The summed E-state index contributed by atoms with van der Waals surface area (Å²) < 4.78 is 19.2. The molecule has 0 bridgehead atoms. The SMILES string of the molecule is COCCNCC1(c2c(F)cccc2Cl)CC=CC1. The minimum atomic E-state index is -0.268. The number of hydrogen-bond donors (Lipinski definition) is 1. The maximum Gasteiger partial charge on any atom is 0.128 e. The van der Waals surface area contributed by atoms with Crippen LogP contribution in [0.25, 0.3) is 0 Å². The second-order valence-corrected chi connectivity index (χ2v) is 5.33. The zero-order valence-electron chi connectivity index (χ0n) is 11.1. The van der Waals surface area contributed by atoms with E-state index in [1.54, 1.807) is 19.2 Å². The average Bonchev–Trinajstić information content (AvgIpc) is 2.84. The second kappa shape index (κ2) is 6.51. The van der Waals surface area contributed by atoms with Crippen LogP contribution in [0, 0.1) is 5.82 Å². The van der Waals surface area contributed by atoms with Crippen LogP contribution in [0.1, 0.15) is 18.4 Å². The van der Waals surface area contributed by atoms with Crippen LogP contribution in [0.5, 0.6) is 0 Å². The van der Waals surface area contributed by atoms with Gasteiger partial charge in [0.15, 0.2) is 0 Å². The molecule has 4 heteroatoms. The molecule has 1 N–H and O–H groups in total. The summed E-state index contributed by atoms with van der Waals surface area (Å²) in [5.74, 6) is -0.218. The fourth-order valence-corrected chi connectivity index (χ4v) is 3.01. The maximum absolute atomic E-state index is 14.2. The van der Waals surface area contributed by atoms with Gasteiger partial charge in [0.2, 0.25) is 0 Å². The Morgan fingerprint density at radius 2 is 2.11 bits per heavy atom. The highest BCUT2D eigenvalue weighted by Crippen LogP contribution is 2.41. The molecular formula is C15H19ClFNO. The van der Waals surface area contributed by atoms with Crippen molar-refractivity contribution < 1.29 is 9.13 Å². The summed E-state index contributed by atoms with van der Waals surface area (Å²) in [7, 11) is 1.67. The fourth-order valence-electron chi connectivity index (χ4n) is 2.64. The van der Waals surface area contributed by atoms with Crippen LogP contribution in [0.3, 0.4) is 0 Å². The van der Waals surface area contributed by atoms with Crippen molar-refractivity contribution in [3.05, 3.63) is 46.8 Å². The molecule has 0 saturated carbocycles. The van der Waals surface area contributed by atoms with Gasteiger partial charge < -0.3 is 10.1 Å². The number of rotatable bonds is 6. The Bertz CT molecular complexity index is 433. The van der Waals surface area contributed by atoms with Gasteiger partial charge in [0.25, 0.3) is 0 Å². The molecule has 0 atom stereocenters. The predicted molar refractivity (Wildman–Crippen MR) is 76.2 cm³/mol. The number of benzene rings is 1. The Labute approximate surface area is 118 Å². The highest BCUT2D eigenvalue weighted by Gasteiger charge is 2.36. The predicted octanol–water partition coefficient (Wildman–Crippen LogP) is 3.30. The van der Waals surface area contributed by atoms with Gasteiger partial charge in [-0.25, -0.2) is 4.39 Å². The Kier molecular flexibility index (Phi) is 4.97. The molecule has 0 radical (unpaired) electrons. The van der Waals surface area contributed by atoms with E-state index in [9.17, 15) is 4.39 Å². The van der Waals surface area contributed by atoms with Crippen molar-refractivity contribution in [2.24, 2.45) is 0 Å². The molecule has 2 nitrogen and oxygen atoms in total. The van der Waals surface area contributed by atoms with E-state index in [-0.39, 0.29) is 11.2 Å². The number of allylic oxidation sites excluding steroid dienone is 2. The number of ether oxygens (including phenoxy) is 1. The first-order valence-corrected chi connectivity index (χ1v) is 6.86. The number of halogens is 2. The van der Waals surface area contributed by atoms with Gasteiger partial charge in [0, 0.05) is 36.2 Å². The molecule has 0 amide bonds. The Morgan fingerprint density at radius 1 is 1.37 bits per heavy atom. The van der Waals surface area contributed by atoms with E-state index in [4.69, 9.17) is 16.3 Å². The molecule has 0 aromatic heterocycles. The molecule has 1 aromatic carbocycles. The molecule has 0 aliphatic heterocycles. The van der Waals surface area contributed by atoms with E-state index in [1.165, 1.54) is 6.07 Å². The van der Waals surface area contributed by atoms with Crippen molar-refractivity contribution in [1.82, 2.24) is 5.32 Å². The van der Waals surface area contributed by atoms with Crippen LogP contribution in [0.15, 0.2) is 30.4 Å². The van der Waals surface area contributed by atoms with E-state index in [0.29, 0.717) is 23.7 Å². The second-order valence-electron chi connectivity index (χ2n) is 4.93. The van der Waals surface area contributed by atoms with Gasteiger partial charge in [-0.2, -0.15) is 0 Å². The van der Waals surface area contributed by atoms with Crippen molar-refractivity contribution in [2.45, 2.75) is 18.3 Å². The van der Waals surface area contributed by atoms with Crippen LogP contribution in [0.2, 0.25) is 5.02 Å². The molecule has 19 heavy (non-hydrogen) atoms. The van der Waals surface area contributed by atoms with Crippen LogP contribution < -0.4 is 5.32 Å². The maximum atomic E-state index is 14.2. The topological polar surface area (TPSA) is 21.3 Å². The molecule has 0 fully saturated rings. The van der Waals surface area contributed by atoms with Crippen LogP contribution >= 0.6 is 11.6 Å².